The largest absolute Gasteiger partial charge is 0.377 e. The summed E-state index contributed by atoms with van der Waals surface area (Å²) in [4.78, 5) is 0. The van der Waals surface area contributed by atoms with Crippen LogP contribution in [-0.4, -0.2) is 13.2 Å². The first-order valence-electron chi connectivity index (χ1n) is 5.22. The van der Waals surface area contributed by atoms with Crippen LogP contribution in [0.25, 0.3) is 6.08 Å². The molecule has 0 bridgehead atoms. The number of rotatable bonds is 6. The highest BCUT2D eigenvalue weighted by molar-refractivity contribution is 5.49. The monoisotopic (exact) mass is 225 g/mol. The lowest BCUT2D eigenvalue weighted by molar-refractivity contribution is 0.160. The third kappa shape index (κ3) is 4.53. The summed E-state index contributed by atoms with van der Waals surface area (Å²) in [5.74, 6) is -1.13. The minimum atomic E-state index is -0.568. The number of benzene rings is 1. The van der Waals surface area contributed by atoms with Crippen molar-refractivity contribution in [1.29, 1.82) is 0 Å². The van der Waals surface area contributed by atoms with Gasteiger partial charge in [-0.25, -0.2) is 8.78 Å². The van der Waals surface area contributed by atoms with Crippen LogP contribution in [0.2, 0.25) is 0 Å². The Morgan fingerprint density at radius 1 is 1.31 bits per heavy atom. The van der Waals surface area contributed by atoms with Gasteiger partial charge in [0.25, 0.3) is 0 Å². The molecule has 87 valence electrons. The van der Waals surface area contributed by atoms with Gasteiger partial charge in [0, 0.05) is 18.2 Å². The van der Waals surface area contributed by atoms with E-state index in [2.05, 4.69) is 6.92 Å². The lowest BCUT2D eigenvalue weighted by Gasteiger charge is -1.99. The summed E-state index contributed by atoms with van der Waals surface area (Å²) in [6, 6.07) is 3.49. The van der Waals surface area contributed by atoms with Crippen LogP contribution in [0.15, 0.2) is 24.3 Å². The Morgan fingerprint density at radius 3 is 2.81 bits per heavy atom. The molecular formula is C13H15F2O. The van der Waals surface area contributed by atoms with Crippen molar-refractivity contribution in [2.24, 2.45) is 0 Å². The van der Waals surface area contributed by atoms with Gasteiger partial charge >= 0.3 is 0 Å². The number of halogens is 2. The van der Waals surface area contributed by atoms with E-state index in [4.69, 9.17) is 4.74 Å². The Bertz CT molecular complexity index is 348. The first-order valence-corrected chi connectivity index (χ1v) is 5.22. The second-order valence-corrected chi connectivity index (χ2v) is 3.35. The molecule has 0 aromatic heterocycles. The Hall–Kier alpha value is -1.22. The molecule has 0 N–H and O–H groups in total. The Morgan fingerprint density at radius 2 is 2.12 bits per heavy atom. The van der Waals surface area contributed by atoms with Crippen LogP contribution in [0.3, 0.4) is 0 Å². The van der Waals surface area contributed by atoms with E-state index < -0.39 is 11.6 Å². The van der Waals surface area contributed by atoms with Gasteiger partial charge in [-0.15, -0.1) is 0 Å². The van der Waals surface area contributed by atoms with Crippen LogP contribution < -0.4 is 0 Å². The fraction of sp³-hybridized carbons (Fsp3) is 0.308. The maximum Gasteiger partial charge on any atom is 0.133 e. The molecule has 0 spiro atoms. The average molecular weight is 225 g/mol. The van der Waals surface area contributed by atoms with Crippen LogP contribution in [0.5, 0.6) is 0 Å². The number of hydrogen-bond donors (Lipinski definition) is 0. The second-order valence-electron chi connectivity index (χ2n) is 3.35. The topological polar surface area (TPSA) is 9.23 Å². The molecule has 0 aliphatic heterocycles. The van der Waals surface area contributed by atoms with Gasteiger partial charge < -0.3 is 4.74 Å². The Labute approximate surface area is 94.7 Å². The third-order valence-corrected chi connectivity index (χ3v) is 2.01. The van der Waals surface area contributed by atoms with Gasteiger partial charge in [-0.05, 0) is 18.6 Å². The Balaban J connectivity index is 2.38. The molecule has 1 nitrogen and oxygen atoms in total. The van der Waals surface area contributed by atoms with E-state index in [0.29, 0.717) is 18.8 Å². The molecule has 0 fully saturated rings. The molecule has 1 rings (SSSR count). The third-order valence-electron chi connectivity index (χ3n) is 2.01. The summed E-state index contributed by atoms with van der Waals surface area (Å²) in [6.45, 7) is 4.77. The van der Waals surface area contributed by atoms with Crippen LogP contribution in [0.4, 0.5) is 8.78 Å². The van der Waals surface area contributed by atoms with Crippen LogP contribution in [0, 0.1) is 18.6 Å². The highest BCUT2D eigenvalue weighted by atomic mass is 19.1. The molecule has 0 unspecified atom stereocenters. The first-order chi connectivity index (χ1) is 7.74. The lowest BCUT2D eigenvalue weighted by Crippen LogP contribution is -1.93. The van der Waals surface area contributed by atoms with Crippen LogP contribution >= 0.6 is 0 Å². The predicted molar refractivity (Wildman–Crippen MR) is 60.8 cm³/mol. The summed E-state index contributed by atoms with van der Waals surface area (Å²) < 4.78 is 31.0. The maximum absolute atomic E-state index is 13.1. The molecule has 1 radical (unpaired) electrons. The van der Waals surface area contributed by atoms with Crippen molar-refractivity contribution in [1.82, 2.24) is 0 Å². The van der Waals surface area contributed by atoms with E-state index >= 15 is 0 Å². The van der Waals surface area contributed by atoms with Gasteiger partial charge in [-0.2, -0.15) is 0 Å². The molecule has 0 saturated carbocycles. The summed E-state index contributed by atoms with van der Waals surface area (Å²) >= 11 is 0. The van der Waals surface area contributed by atoms with Gasteiger partial charge in [-0.1, -0.05) is 25.5 Å². The number of ether oxygens (including phenoxy) is 1. The minimum absolute atomic E-state index is 0.363. The maximum atomic E-state index is 13.1. The van der Waals surface area contributed by atoms with E-state index in [9.17, 15) is 8.78 Å². The molecule has 0 saturated heterocycles. The van der Waals surface area contributed by atoms with E-state index in [1.54, 1.807) is 12.2 Å². The van der Waals surface area contributed by atoms with Gasteiger partial charge in [0.2, 0.25) is 0 Å². The van der Waals surface area contributed by atoms with E-state index in [1.165, 1.54) is 12.1 Å². The lowest BCUT2D eigenvalue weighted by atomic mass is 10.2. The molecule has 0 amide bonds. The highest BCUT2D eigenvalue weighted by Crippen LogP contribution is 2.10. The minimum Gasteiger partial charge on any atom is -0.377 e. The zero-order valence-electron chi connectivity index (χ0n) is 9.09. The first kappa shape index (κ1) is 12.8. The average Bonchev–Trinajstić information content (AvgIpc) is 2.26. The van der Waals surface area contributed by atoms with Gasteiger partial charge in [0.1, 0.15) is 11.6 Å². The SMILES string of the molecule is [CH2]CCCOCC=Cc1ccc(F)cc1F. The fourth-order valence-electron chi connectivity index (χ4n) is 1.17. The normalized spacial score (nSPS) is 11.2. The summed E-state index contributed by atoms with van der Waals surface area (Å²) in [5, 5.41) is 0. The zero-order chi connectivity index (χ0) is 11.8. The van der Waals surface area contributed by atoms with E-state index in [-0.39, 0.29) is 0 Å². The second kappa shape index (κ2) is 7.12. The summed E-state index contributed by atoms with van der Waals surface area (Å²) in [7, 11) is 0. The molecular weight excluding hydrogens is 210 g/mol. The van der Waals surface area contributed by atoms with Crippen molar-refractivity contribution in [3.05, 3.63) is 48.4 Å². The van der Waals surface area contributed by atoms with Crippen molar-refractivity contribution in [2.45, 2.75) is 12.8 Å². The molecule has 0 aliphatic carbocycles. The zero-order valence-corrected chi connectivity index (χ0v) is 9.09. The van der Waals surface area contributed by atoms with Gasteiger partial charge in [0.05, 0.1) is 6.61 Å². The molecule has 3 heteroatoms. The van der Waals surface area contributed by atoms with Gasteiger partial charge in [0.15, 0.2) is 0 Å². The van der Waals surface area contributed by atoms with Crippen molar-refractivity contribution < 1.29 is 13.5 Å². The molecule has 1 aromatic carbocycles. The molecule has 1 aromatic rings. The van der Waals surface area contributed by atoms with Gasteiger partial charge in [-0.3, -0.25) is 0 Å². The predicted octanol–water partition coefficient (Wildman–Crippen LogP) is 3.61. The number of unbranched alkanes of at least 4 members (excludes halogenated alkanes) is 1. The van der Waals surface area contributed by atoms with Crippen molar-refractivity contribution in [3.63, 3.8) is 0 Å². The molecule has 0 atom stereocenters. The van der Waals surface area contributed by atoms with E-state index in [0.717, 1.165) is 18.9 Å². The molecule has 16 heavy (non-hydrogen) atoms. The smallest absolute Gasteiger partial charge is 0.133 e. The summed E-state index contributed by atoms with van der Waals surface area (Å²) in [5.41, 5.74) is 0.363. The van der Waals surface area contributed by atoms with Crippen molar-refractivity contribution in [3.8, 4) is 0 Å². The van der Waals surface area contributed by atoms with Crippen LogP contribution in [-0.2, 0) is 4.74 Å². The Kier molecular flexibility index (Phi) is 5.72. The molecule has 0 heterocycles. The van der Waals surface area contributed by atoms with E-state index in [1.807, 2.05) is 0 Å². The standard InChI is InChI=1S/C13H15F2O/c1-2-3-8-16-9-4-5-11-6-7-12(14)10-13(11)15/h4-7,10H,1-3,8-9H2. The fourth-order valence-corrected chi connectivity index (χ4v) is 1.17. The van der Waals surface area contributed by atoms with Crippen molar-refractivity contribution in [2.75, 3.05) is 13.2 Å². The number of hydrogen-bond acceptors (Lipinski definition) is 1. The quantitative estimate of drug-likeness (QED) is 0.672. The summed E-state index contributed by atoms with van der Waals surface area (Å²) in [6.07, 6.45) is 5.05. The van der Waals surface area contributed by atoms with Crippen molar-refractivity contribution >= 4 is 6.08 Å². The molecule has 0 aliphatic rings. The van der Waals surface area contributed by atoms with Crippen LogP contribution in [0.1, 0.15) is 18.4 Å². The highest BCUT2D eigenvalue weighted by Gasteiger charge is 1.99.